The first kappa shape index (κ1) is 14.3. The highest BCUT2D eigenvalue weighted by Crippen LogP contribution is 2.42. The SMILES string of the molecule is N[C@@H]1C(=O)Nc2c(Oc3ccccc3)cccc2SC1Cl. The van der Waals surface area contributed by atoms with Crippen LogP contribution in [0.4, 0.5) is 5.69 Å². The lowest BCUT2D eigenvalue weighted by Gasteiger charge is -2.13. The number of thioether (sulfide) groups is 1. The number of nitrogens with one attached hydrogen (secondary N) is 1. The minimum atomic E-state index is -0.770. The van der Waals surface area contributed by atoms with Crippen molar-refractivity contribution in [1.29, 1.82) is 0 Å². The molecular formula is C15H13ClN2O2S. The summed E-state index contributed by atoms with van der Waals surface area (Å²) in [4.78, 5) is 12.8. The summed E-state index contributed by atoms with van der Waals surface area (Å²) in [6.45, 7) is 0. The molecule has 0 fully saturated rings. The van der Waals surface area contributed by atoms with Gasteiger partial charge < -0.3 is 15.8 Å². The number of alkyl halides is 1. The number of ether oxygens (including phenoxy) is 1. The van der Waals surface area contributed by atoms with Gasteiger partial charge in [0.05, 0.1) is 5.69 Å². The topological polar surface area (TPSA) is 64.4 Å². The minimum Gasteiger partial charge on any atom is -0.455 e. The molecule has 1 amide bonds. The number of hydrogen-bond acceptors (Lipinski definition) is 4. The highest BCUT2D eigenvalue weighted by Gasteiger charge is 2.30. The fourth-order valence-corrected chi connectivity index (χ4v) is 3.29. The average Bonchev–Trinajstić information content (AvgIpc) is 2.60. The van der Waals surface area contributed by atoms with Gasteiger partial charge in [-0.15, -0.1) is 23.4 Å². The number of carbonyl (C=O) groups excluding carboxylic acids is 1. The van der Waals surface area contributed by atoms with Crippen molar-refractivity contribution < 1.29 is 9.53 Å². The first-order valence-corrected chi connectivity index (χ1v) is 7.70. The maximum atomic E-state index is 12.0. The number of anilines is 1. The van der Waals surface area contributed by atoms with Crippen LogP contribution in [-0.4, -0.2) is 16.7 Å². The number of benzene rings is 2. The van der Waals surface area contributed by atoms with E-state index in [0.29, 0.717) is 17.2 Å². The van der Waals surface area contributed by atoms with Gasteiger partial charge in [0.25, 0.3) is 0 Å². The standard InChI is InChI=1S/C15H13ClN2O2S/c16-14-12(17)15(19)18-13-10(7-4-8-11(13)21-14)20-9-5-2-1-3-6-9/h1-8,12,14H,17H2,(H,18,19)/t12-,14?/m0/s1. The maximum Gasteiger partial charge on any atom is 0.243 e. The number of halogens is 1. The molecule has 3 rings (SSSR count). The third kappa shape index (κ3) is 3.00. The number of hydrogen-bond donors (Lipinski definition) is 2. The smallest absolute Gasteiger partial charge is 0.243 e. The summed E-state index contributed by atoms with van der Waals surface area (Å²) in [5, 5.41) is 2.80. The van der Waals surface area contributed by atoms with E-state index in [4.69, 9.17) is 22.1 Å². The molecule has 0 saturated heterocycles. The molecule has 0 radical (unpaired) electrons. The molecule has 0 bridgehead atoms. The molecule has 0 aliphatic carbocycles. The third-order valence-corrected chi connectivity index (χ3v) is 4.68. The summed E-state index contributed by atoms with van der Waals surface area (Å²) >= 11 is 7.49. The van der Waals surface area contributed by atoms with Crippen LogP contribution in [0.15, 0.2) is 53.4 Å². The van der Waals surface area contributed by atoms with Gasteiger partial charge in [0.1, 0.15) is 16.5 Å². The van der Waals surface area contributed by atoms with Gasteiger partial charge >= 0.3 is 0 Å². The Hall–Kier alpha value is -1.69. The summed E-state index contributed by atoms with van der Waals surface area (Å²) < 4.78 is 5.32. The molecule has 1 unspecified atom stereocenters. The zero-order valence-electron chi connectivity index (χ0n) is 11.0. The summed E-state index contributed by atoms with van der Waals surface area (Å²) in [7, 11) is 0. The number of para-hydroxylation sites is 2. The van der Waals surface area contributed by atoms with E-state index in [-0.39, 0.29) is 5.91 Å². The molecular weight excluding hydrogens is 308 g/mol. The Bertz CT molecular complexity index is 666. The molecule has 4 nitrogen and oxygen atoms in total. The normalized spacial score (nSPS) is 21.1. The van der Waals surface area contributed by atoms with Crippen molar-refractivity contribution in [2.75, 3.05) is 5.32 Å². The second-order valence-electron chi connectivity index (χ2n) is 4.53. The van der Waals surface area contributed by atoms with E-state index in [0.717, 1.165) is 4.90 Å². The molecule has 2 aromatic carbocycles. The van der Waals surface area contributed by atoms with Gasteiger partial charge in [0.2, 0.25) is 5.91 Å². The first-order chi connectivity index (χ1) is 10.1. The lowest BCUT2D eigenvalue weighted by Crippen LogP contribution is -2.40. The van der Waals surface area contributed by atoms with E-state index in [2.05, 4.69) is 5.32 Å². The van der Waals surface area contributed by atoms with E-state index in [9.17, 15) is 4.79 Å². The highest BCUT2D eigenvalue weighted by atomic mass is 35.5. The van der Waals surface area contributed by atoms with Crippen molar-refractivity contribution in [3.63, 3.8) is 0 Å². The van der Waals surface area contributed by atoms with Crippen molar-refractivity contribution in [1.82, 2.24) is 0 Å². The predicted molar refractivity (Wildman–Crippen MR) is 85.1 cm³/mol. The Balaban J connectivity index is 1.98. The molecule has 0 saturated carbocycles. The molecule has 1 heterocycles. The molecule has 108 valence electrons. The number of amides is 1. The maximum absolute atomic E-state index is 12.0. The monoisotopic (exact) mass is 320 g/mol. The Morgan fingerprint density at radius 2 is 1.90 bits per heavy atom. The van der Waals surface area contributed by atoms with Crippen LogP contribution in [-0.2, 0) is 4.79 Å². The van der Waals surface area contributed by atoms with Crippen molar-refractivity contribution in [2.45, 2.75) is 15.6 Å². The molecule has 1 aliphatic rings. The zero-order chi connectivity index (χ0) is 14.8. The van der Waals surface area contributed by atoms with Gasteiger partial charge in [-0.2, -0.15) is 0 Å². The summed E-state index contributed by atoms with van der Waals surface area (Å²) in [6.07, 6.45) is 0. The second-order valence-corrected chi connectivity index (χ2v) is 6.44. The number of nitrogens with two attached hydrogens (primary N) is 1. The summed E-state index contributed by atoms with van der Waals surface area (Å²) in [5.74, 6) is 0.948. The molecule has 21 heavy (non-hydrogen) atoms. The van der Waals surface area contributed by atoms with Crippen molar-refractivity contribution >= 4 is 35.0 Å². The third-order valence-electron chi connectivity index (χ3n) is 3.03. The molecule has 1 aliphatic heterocycles. The zero-order valence-corrected chi connectivity index (χ0v) is 12.5. The molecule has 2 aromatic rings. The number of carbonyl (C=O) groups is 1. The van der Waals surface area contributed by atoms with Gasteiger partial charge in [-0.25, -0.2) is 0 Å². The van der Waals surface area contributed by atoms with E-state index in [1.807, 2.05) is 42.5 Å². The Morgan fingerprint density at radius 3 is 2.67 bits per heavy atom. The van der Waals surface area contributed by atoms with Gasteiger partial charge in [-0.05, 0) is 24.3 Å². The first-order valence-electron chi connectivity index (χ1n) is 6.38. The fourth-order valence-electron chi connectivity index (χ4n) is 1.95. The molecule has 2 atom stereocenters. The molecule has 0 aromatic heterocycles. The second kappa shape index (κ2) is 5.97. The quantitative estimate of drug-likeness (QED) is 0.832. The Kier molecular flexibility index (Phi) is 4.05. The summed E-state index contributed by atoms with van der Waals surface area (Å²) in [5.41, 5.74) is 6.40. The molecule has 0 spiro atoms. The van der Waals surface area contributed by atoms with Crippen LogP contribution in [0.25, 0.3) is 0 Å². The van der Waals surface area contributed by atoms with Crippen LogP contribution in [0.1, 0.15) is 0 Å². The van der Waals surface area contributed by atoms with Gasteiger partial charge in [-0.3, -0.25) is 4.79 Å². The van der Waals surface area contributed by atoms with Crippen LogP contribution >= 0.6 is 23.4 Å². The van der Waals surface area contributed by atoms with E-state index < -0.39 is 10.8 Å². The fraction of sp³-hybridized carbons (Fsp3) is 0.133. The van der Waals surface area contributed by atoms with Crippen LogP contribution in [0, 0.1) is 0 Å². The van der Waals surface area contributed by atoms with Gasteiger partial charge in [0, 0.05) is 4.90 Å². The van der Waals surface area contributed by atoms with Gasteiger partial charge in [0.15, 0.2) is 5.75 Å². The lowest BCUT2D eigenvalue weighted by atomic mass is 10.2. The molecule has 3 N–H and O–H groups in total. The van der Waals surface area contributed by atoms with E-state index in [1.54, 1.807) is 6.07 Å². The van der Waals surface area contributed by atoms with Crippen LogP contribution in [0.2, 0.25) is 0 Å². The van der Waals surface area contributed by atoms with E-state index >= 15 is 0 Å². The van der Waals surface area contributed by atoms with Crippen LogP contribution in [0.5, 0.6) is 11.5 Å². The van der Waals surface area contributed by atoms with Crippen molar-refractivity contribution in [3.05, 3.63) is 48.5 Å². The van der Waals surface area contributed by atoms with Gasteiger partial charge in [-0.1, -0.05) is 24.3 Å². The van der Waals surface area contributed by atoms with Crippen LogP contribution < -0.4 is 15.8 Å². The highest BCUT2D eigenvalue weighted by molar-refractivity contribution is 8.01. The Morgan fingerprint density at radius 1 is 1.14 bits per heavy atom. The van der Waals surface area contributed by atoms with Crippen molar-refractivity contribution in [2.24, 2.45) is 5.73 Å². The largest absolute Gasteiger partial charge is 0.455 e. The average molecular weight is 321 g/mol. The predicted octanol–water partition coefficient (Wildman–Crippen LogP) is 3.42. The Labute approximate surface area is 131 Å². The minimum absolute atomic E-state index is 0.314. The van der Waals surface area contributed by atoms with Crippen LogP contribution in [0.3, 0.4) is 0 Å². The lowest BCUT2D eigenvalue weighted by molar-refractivity contribution is -0.117. The number of fused-ring (bicyclic) bond motifs is 1. The van der Waals surface area contributed by atoms with E-state index in [1.165, 1.54) is 11.8 Å². The molecule has 6 heteroatoms. The summed E-state index contributed by atoms with van der Waals surface area (Å²) in [6, 6.07) is 14.1. The van der Waals surface area contributed by atoms with Crippen molar-refractivity contribution in [3.8, 4) is 11.5 Å². The number of rotatable bonds is 2.